The largest absolute Gasteiger partial charge is 0.458 e. The molecule has 120 valence electrons. The van der Waals surface area contributed by atoms with Gasteiger partial charge in [-0.1, -0.05) is 17.3 Å². The van der Waals surface area contributed by atoms with Crippen molar-refractivity contribution in [3.8, 4) is 0 Å². The highest BCUT2D eigenvalue weighted by Crippen LogP contribution is 2.22. The number of thiazole rings is 1. The van der Waals surface area contributed by atoms with Gasteiger partial charge in [-0.05, 0) is 26.0 Å². The molecule has 3 rings (SSSR count). The Kier molecular flexibility index (Phi) is 4.97. The smallest absolute Gasteiger partial charge is 0.316 e. The molecular weight excluding hydrogens is 332 g/mol. The van der Waals surface area contributed by atoms with Gasteiger partial charge in [-0.25, -0.2) is 4.98 Å². The number of benzene rings is 1. The van der Waals surface area contributed by atoms with Crippen molar-refractivity contribution >= 4 is 39.3 Å². The van der Waals surface area contributed by atoms with Crippen LogP contribution in [-0.2, 0) is 21.9 Å². The maximum atomic E-state index is 11.8. The molecule has 2 heterocycles. The minimum atomic E-state index is -0.235. The molecule has 0 bridgehead atoms. The Labute approximate surface area is 142 Å². The molecule has 5 nitrogen and oxygen atoms in total. The highest BCUT2D eigenvalue weighted by Gasteiger charge is 2.11. The number of aryl methyl sites for hydroxylation is 2. The lowest BCUT2D eigenvalue weighted by atomic mass is 10.2. The summed E-state index contributed by atoms with van der Waals surface area (Å²) in [5, 5.41) is 4.71. The summed E-state index contributed by atoms with van der Waals surface area (Å²) >= 11 is 3.05. The van der Waals surface area contributed by atoms with Crippen LogP contribution in [0.4, 0.5) is 0 Å². The van der Waals surface area contributed by atoms with Crippen molar-refractivity contribution < 1.29 is 14.1 Å². The number of para-hydroxylation sites is 1. The average Bonchev–Trinajstić information content (AvgIpc) is 3.10. The first-order chi connectivity index (χ1) is 11.1. The van der Waals surface area contributed by atoms with Gasteiger partial charge in [0, 0.05) is 11.3 Å². The van der Waals surface area contributed by atoms with Gasteiger partial charge in [0.15, 0.2) is 0 Å². The lowest BCUT2D eigenvalue weighted by Crippen LogP contribution is -2.07. The van der Waals surface area contributed by atoms with Gasteiger partial charge < -0.3 is 9.26 Å². The maximum absolute atomic E-state index is 11.8. The summed E-state index contributed by atoms with van der Waals surface area (Å²) in [5.41, 5.74) is 2.86. The zero-order valence-corrected chi connectivity index (χ0v) is 14.5. The molecule has 0 aliphatic carbocycles. The molecule has 0 saturated heterocycles. The van der Waals surface area contributed by atoms with Crippen molar-refractivity contribution in [2.24, 2.45) is 0 Å². The number of hydrogen-bond acceptors (Lipinski definition) is 7. The van der Waals surface area contributed by atoms with Crippen LogP contribution in [0.3, 0.4) is 0 Å². The minimum Gasteiger partial charge on any atom is -0.458 e. The van der Waals surface area contributed by atoms with Crippen LogP contribution in [0.15, 0.2) is 28.8 Å². The normalized spacial score (nSPS) is 11.0. The van der Waals surface area contributed by atoms with E-state index in [0.717, 1.165) is 32.2 Å². The molecule has 1 aromatic carbocycles. The maximum Gasteiger partial charge on any atom is 0.316 e. The Morgan fingerprint density at radius 2 is 2.17 bits per heavy atom. The first kappa shape index (κ1) is 16.0. The van der Waals surface area contributed by atoms with Crippen molar-refractivity contribution in [1.82, 2.24) is 10.1 Å². The molecule has 0 N–H and O–H groups in total. The van der Waals surface area contributed by atoms with Crippen molar-refractivity contribution in [2.75, 3.05) is 5.75 Å². The number of esters is 1. The van der Waals surface area contributed by atoms with Gasteiger partial charge in [0.05, 0.1) is 21.7 Å². The van der Waals surface area contributed by atoms with Crippen molar-refractivity contribution in [2.45, 2.75) is 26.2 Å². The summed E-state index contributed by atoms with van der Waals surface area (Å²) in [6.45, 7) is 4.00. The number of aromatic nitrogens is 2. The summed E-state index contributed by atoms with van der Waals surface area (Å²) < 4.78 is 11.5. The second kappa shape index (κ2) is 7.14. The minimum absolute atomic E-state index is 0.226. The topological polar surface area (TPSA) is 65.2 Å². The number of rotatable bonds is 6. The van der Waals surface area contributed by atoms with Crippen molar-refractivity contribution in [1.29, 1.82) is 0 Å². The van der Waals surface area contributed by atoms with Gasteiger partial charge in [0.25, 0.3) is 0 Å². The zero-order chi connectivity index (χ0) is 16.2. The van der Waals surface area contributed by atoms with E-state index in [2.05, 4.69) is 10.1 Å². The molecule has 0 radical (unpaired) electrons. The first-order valence-corrected chi connectivity index (χ1v) is 9.10. The monoisotopic (exact) mass is 348 g/mol. The number of carbonyl (C=O) groups is 1. The van der Waals surface area contributed by atoms with Crippen LogP contribution in [0.25, 0.3) is 10.2 Å². The molecule has 0 saturated carbocycles. The third kappa shape index (κ3) is 3.92. The second-order valence-electron chi connectivity index (χ2n) is 5.03. The van der Waals surface area contributed by atoms with E-state index in [-0.39, 0.29) is 12.6 Å². The van der Waals surface area contributed by atoms with Crippen LogP contribution in [-0.4, -0.2) is 21.9 Å². The van der Waals surface area contributed by atoms with Crippen LogP contribution in [0.5, 0.6) is 0 Å². The number of hydrogen-bond donors (Lipinski definition) is 0. The SMILES string of the molecule is Cc1noc(C)c1CSCC(=O)OCc1nc2ccccc2s1. The Morgan fingerprint density at radius 3 is 2.91 bits per heavy atom. The number of nitrogens with zero attached hydrogens (tertiary/aromatic N) is 2. The van der Waals surface area contributed by atoms with Gasteiger partial charge in [-0.15, -0.1) is 23.1 Å². The molecule has 0 spiro atoms. The van der Waals surface area contributed by atoms with Gasteiger partial charge >= 0.3 is 5.97 Å². The quantitative estimate of drug-likeness (QED) is 0.630. The molecule has 7 heteroatoms. The number of fused-ring (bicyclic) bond motifs is 1. The fourth-order valence-electron chi connectivity index (χ4n) is 2.11. The van der Waals surface area contributed by atoms with Crippen LogP contribution >= 0.6 is 23.1 Å². The van der Waals surface area contributed by atoms with Gasteiger partial charge in [-0.3, -0.25) is 4.79 Å². The van der Waals surface area contributed by atoms with Crippen molar-refractivity contribution in [3.63, 3.8) is 0 Å². The van der Waals surface area contributed by atoms with E-state index in [1.165, 1.54) is 11.8 Å². The Hall–Kier alpha value is -1.86. The molecule has 0 fully saturated rings. The van der Waals surface area contributed by atoms with E-state index in [1.54, 1.807) is 11.3 Å². The van der Waals surface area contributed by atoms with E-state index in [0.29, 0.717) is 11.5 Å². The highest BCUT2D eigenvalue weighted by atomic mass is 32.2. The van der Waals surface area contributed by atoms with Gasteiger partial charge in [-0.2, -0.15) is 0 Å². The molecule has 0 aliphatic heterocycles. The lowest BCUT2D eigenvalue weighted by Gasteiger charge is -2.03. The zero-order valence-electron chi connectivity index (χ0n) is 12.9. The predicted octanol–water partition coefficient (Wildman–Crippen LogP) is 3.88. The molecule has 0 atom stereocenters. The average molecular weight is 348 g/mol. The lowest BCUT2D eigenvalue weighted by molar-refractivity contribution is -0.141. The summed E-state index contributed by atoms with van der Waals surface area (Å²) in [6.07, 6.45) is 0. The van der Waals surface area contributed by atoms with E-state index in [9.17, 15) is 4.79 Å². The fraction of sp³-hybridized carbons (Fsp3) is 0.312. The molecule has 2 aromatic heterocycles. The highest BCUT2D eigenvalue weighted by molar-refractivity contribution is 7.99. The van der Waals surface area contributed by atoms with Crippen LogP contribution in [0, 0.1) is 13.8 Å². The first-order valence-electron chi connectivity index (χ1n) is 7.13. The van der Waals surface area contributed by atoms with Crippen LogP contribution in [0.2, 0.25) is 0 Å². The third-order valence-electron chi connectivity index (χ3n) is 3.34. The molecule has 0 aliphatic rings. The molecule has 23 heavy (non-hydrogen) atoms. The third-order valence-corrected chi connectivity index (χ3v) is 5.28. The summed E-state index contributed by atoms with van der Waals surface area (Å²) in [4.78, 5) is 16.3. The van der Waals surface area contributed by atoms with E-state index in [4.69, 9.17) is 9.26 Å². The van der Waals surface area contributed by atoms with Crippen molar-refractivity contribution in [3.05, 3.63) is 46.3 Å². The van der Waals surface area contributed by atoms with Crippen LogP contribution in [0.1, 0.15) is 22.0 Å². The molecular formula is C16H16N2O3S2. The summed E-state index contributed by atoms with van der Waals surface area (Å²) in [7, 11) is 0. The number of ether oxygens (including phenoxy) is 1. The Morgan fingerprint density at radius 1 is 1.35 bits per heavy atom. The second-order valence-corrected chi connectivity index (χ2v) is 7.13. The molecule has 0 amide bonds. The van der Waals surface area contributed by atoms with Gasteiger partial charge in [0.1, 0.15) is 17.4 Å². The van der Waals surface area contributed by atoms with E-state index >= 15 is 0 Å². The summed E-state index contributed by atoms with van der Waals surface area (Å²) in [5.74, 6) is 1.56. The number of thioether (sulfide) groups is 1. The molecule has 3 aromatic rings. The fourth-order valence-corrected chi connectivity index (χ4v) is 3.96. The summed E-state index contributed by atoms with van der Waals surface area (Å²) in [6, 6.07) is 7.89. The molecule has 0 unspecified atom stereocenters. The Balaban J connectivity index is 1.46. The number of carbonyl (C=O) groups excluding carboxylic acids is 1. The van der Waals surface area contributed by atoms with E-state index < -0.39 is 0 Å². The standard InChI is InChI=1S/C16H16N2O3S2/c1-10-12(11(2)21-18-10)8-22-9-16(19)20-7-15-17-13-5-3-4-6-14(13)23-15/h3-6H,7-9H2,1-2H3. The Bertz CT molecular complexity index is 773. The van der Waals surface area contributed by atoms with Gasteiger partial charge in [0.2, 0.25) is 0 Å². The van der Waals surface area contributed by atoms with E-state index in [1.807, 2.05) is 38.1 Å². The predicted molar refractivity (Wildman–Crippen MR) is 91.6 cm³/mol. The van der Waals surface area contributed by atoms with Crippen LogP contribution < -0.4 is 0 Å².